The molecule has 2 saturated heterocycles. The SMILES string of the molecule is O=C(CN1CCN(Cc2ccccc2)CC1)Nc1cccc(S(=O)(=O)N2CCCCC2)c1. The van der Waals surface area contributed by atoms with Gasteiger partial charge < -0.3 is 5.32 Å². The number of rotatable bonds is 7. The minimum atomic E-state index is -3.51. The molecule has 0 atom stereocenters. The molecule has 1 amide bonds. The number of carbonyl (C=O) groups is 1. The summed E-state index contributed by atoms with van der Waals surface area (Å²) in [6.45, 7) is 5.89. The first-order valence-corrected chi connectivity index (χ1v) is 12.8. The third kappa shape index (κ3) is 5.95. The fourth-order valence-electron chi connectivity index (χ4n) is 4.34. The van der Waals surface area contributed by atoms with Crippen molar-refractivity contribution in [3.63, 3.8) is 0 Å². The molecule has 4 rings (SSSR count). The Balaban J connectivity index is 1.28. The number of nitrogens with zero attached hydrogens (tertiary/aromatic N) is 3. The lowest BCUT2D eigenvalue weighted by atomic mass is 10.2. The van der Waals surface area contributed by atoms with E-state index in [0.29, 0.717) is 25.3 Å². The highest BCUT2D eigenvalue weighted by Gasteiger charge is 2.26. The Kier molecular flexibility index (Phi) is 7.57. The number of piperidine rings is 1. The molecule has 2 aromatic rings. The third-order valence-corrected chi connectivity index (χ3v) is 8.05. The van der Waals surface area contributed by atoms with E-state index in [1.165, 1.54) is 5.56 Å². The molecule has 0 spiro atoms. The van der Waals surface area contributed by atoms with Crippen molar-refractivity contribution in [3.8, 4) is 0 Å². The minimum absolute atomic E-state index is 0.117. The fraction of sp³-hybridized carbons (Fsp3) is 0.458. The van der Waals surface area contributed by atoms with Gasteiger partial charge >= 0.3 is 0 Å². The molecule has 2 aliphatic heterocycles. The highest BCUT2D eigenvalue weighted by molar-refractivity contribution is 7.89. The molecular formula is C24H32N4O3S. The first kappa shape index (κ1) is 22.9. The molecule has 2 aromatic carbocycles. The normalized spacial score (nSPS) is 19.0. The summed E-state index contributed by atoms with van der Waals surface area (Å²) in [4.78, 5) is 17.4. The fourth-order valence-corrected chi connectivity index (χ4v) is 5.90. The molecule has 32 heavy (non-hydrogen) atoms. The number of amides is 1. The molecular weight excluding hydrogens is 424 g/mol. The standard InChI is InChI=1S/C24H32N4O3S/c29-24(20-27-16-14-26(15-17-27)19-21-8-3-1-4-9-21)25-22-10-7-11-23(18-22)32(30,31)28-12-5-2-6-13-28/h1,3-4,7-11,18H,2,5-6,12-17,19-20H2,(H,25,29). The molecule has 0 bridgehead atoms. The molecule has 0 radical (unpaired) electrons. The second kappa shape index (κ2) is 10.6. The molecule has 8 heteroatoms. The maximum Gasteiger partial charge on any atom is 0.243 e. The number of nitrogens with one attached hydrogen (secondary N) is 1. The Morgan fingerprint density at radius 3 is 2.22 bits per heavy atom. The van der Waals surface area contributed by atoms with E-state index in [9.17, 15) is 13.2 Å². The van der Waals surface area contributed by atoms with Gasteiger partial charge in [-0.05, 0) is 36.6 Å². The van der Waals surface area contributed by atoms with E-state index in [-0.39, 0.29) is 10.8 Å². The van der Waals surface area contributed by atoms with Gasteiger partial charge in [-0.25, -0.2) is 8.42 Å². The quantitative estimate of drug-likeness (QED) is 0.693. The van der Waals surface area contributed by atoms with Gasteiger partial charge in [0.05, 0.1) is 11.4 Å². The van der Waals surface area contributed by atoms with Crippen LogP contribution < -0.4 is 5.32 Å². The summed E-state index contributed by atoms with van der Waals surface area (Å²) < 4.78 is 27.4. The average Bonchev–Trinajstić information content (AvgIpc) is 2.82. The van der Waals surface area contributed by atoms with E-state index in [0.717, 1.165) is 52.0 Å². The lowest BCUT2D eigenvalue weighted by Crippen LogP contribution is -2.48. The topological polar surface area (TPSA) is 73.0 Å². The van der Waals surface area contributed by atoms with Crippen molar-refractivity contribution in [1.82, 2.24) is 14.1 Å². The van der Waals surface area contributed by atoms with Crippen LogP contribution in [-0.4, -0.2) is 74.2 Å². The van der Waals surface area contributed by atoms with Crippen LogP contribution in [0.5, 0.6) is 0 Å². The van der Waals surface area contributed by atoms with Crippen LogP contribution in [0.25, 0.3) is 0 Å². The van der Waals surface area contributed by atoms with Crippen LogP contribution in [0.2, 0.25) is 0 Å². The Bertz CT molecular complexity index is 999. The number of piperazine rings is 1. The van der Waals surface area contributed by atoms with Crippen molar-refractivity contribution in [2.45, 2.75) is 30.7 Å². The Labute approximate surface area is 191 Å². The molecule has 0 aliphatic carbocycles. The Hall–Kier alpha value is -2.26. The van der Waals surface area contributed by atoms with Gasteiger partial charge in [-0.15, -0.1) is 0 Å². The number of benzene rings is 2. The largest absolute Gasteiger partial charge is 0.325 e. The number of sulfonamides is 1. The van der Waals surface area contributed by atoms with E-state index in [1.807, 2.05) is 6.07 Å². The van der Waals surface area contributed by atoms with Crippen molar-refractivity contribution in [2.24, 2.45) is 0 Å². The predicted molar refractivity (Wildman–Crippen MR) is 126 cm³/mol. The lowest BCUT2D eigenvalue weighted by Gasteiger charge is -2.34. The maximum absolute atomic E-state index is 12.9. The molecule has 0 unspecified atom stereocenters. The molecule has 2 heterocycles. The van der Waals surface area contributed by atoms with Gasteiger partial charge in [-0.2, -0.15) is 4.31 Å². The van der Waals surface area contributed by atoms with Crippen LogP contribution in [0.15, 0.2) is 59.5 Å². The zero-order chi connectivity index (χ0) is 22.4. The van der Waals surface area contributed by atoms with Crippen LogP contribution in [0, 0.1) is 0 Å². The summed E-state index contributed by atoms with van der Waals surface area (Å²) in [5, 5.41) is 2.88. The first-order chi connectivity index (χ1) is 15.5. The Morgan fingerprint density at radius 2 is 1.50 bits per heavy atom. The number of carbonyl (C=O) groups excluding carboxylic acids is 1. The third-order valence-electron chi connectivity index (χ3n) is 6.15. The van der Waals surface area contributed by atoms with Gasteiger partial charge in [-0.3, -0.25) is 14.6 Å². The number of hydrogen-bond acceptors (Lipinski definition) is 5. The molecule has 1 N–H and O–H groups in total. The molecule has 0 saturated carbocycles. The van der Waals surface area contributed by atoms with Crippen molar-refractivity contribution < 1.29 is 13.2 Å². The number of anilines is 1. The van der Waals surface area contributed by atoms with Gasteiger partial charge in [0.1, 0.15) is 0 Å². The Morgan fingerprint density at radius 1 is 0.812 bits per heavy atom. The molecule has 2 aliphatic rings. The van der Waals surface area contributed by atoms with Crippen molar-refractivity contribution in [3.05, 3.63) is 60.2 Å². The number of hydrogen-bond donors (Lipinski definition) is 1. The van der Waals surface area contributed by atoms with Crippen LogP contribution >= 0.6 is 0 Å². The van der Waals surface area contributed by atoms with Crippen LogP contribution in [0.1, 0.15) is 24.8 Å². The molecule has 2 fully saturated rings. The zero-order valence-electron chi connectivity index (χ0n) is 18.4. The van der Waals surface area contributed by atoms with Crippen molar-refractivity contribution >= 4 is 21.6 Å². The summed E-state index contributed by atoms with van der Waals surface area (Å²) in [6, 6.07) is 17.0. The van der Waals surface area contributed by atoms with Crippen LogP contribution in [0.4, 0.5) is 5.69 Å². The van der Waals surface area contributed by atoms with E-state index >= 15 is 0 Å². The lowest BCUT2D eigenvalue weighted by molar-refractivity contribution is -0.117. The van der Waals surface area contributed by atoms with Gasteiger partial charge in [0.2, 0.25) is 15.9 Å². The minimum Gasteiger partial charge on any atom is -0.325 e. The molecule has 7 nitrogen and oxygen atoms in total. The highest BCUT2D eigenvalue weighted by atomic mass is 32.2. The van der Waals surface area contributed by atoms with Crippen molar-refractivity contribution in [2.75, 3.05) is 51.1 Å². The summed E-state index contributed by atoms with van der Waals surface area (Å²) in [7, 11) is -3.51. The summed E-state index contributed by atoms with van der Waals surface area (Å²) in [5.74, 6) is -0.117. The van der Waals surface area contributed by atoms with Gasteiger partial charge in [-0.1, -0.05) is 42.8 Å². The van der Waals surface area contributed by atoms with E-state index in [2.05, 4.69) is 39.4 Å². The smallest absolute Gasteiger partial charge is 0.243 e. The van der Waals surface area contributed by atoms with Crippen LogP contribution in [0.3, 0.4) is 0 Å². The summed E-state index contributed by atoms with van der Waals surface area (Å²) in [5.41, 5.74) is 1.83. The average molecular weight is 457 g/mol. The van der Waals surface area contributed by atoms with E-state index < -0.39 is 10.0 Å². The predicted octanol–water partition coefficient (Wildman–Crippen LogP) is 2.62. The van der Waals surface area contributed by atoms with E-state index in [1.54, 1.807) is 28.6 Å². The van der Waals surface area contributed by atoms with Crippen molar-refractivity contribution in [1.29, 1.82) is 0 Å². The van der Waals surface area contributed by atoms with Gasteiger partial charge in [0, 0.05) is 51.5 Å². The van der Waals surface area contributed by atoms with Gasteiger partial charge in [0.15, 0.2) is 0 Å². The second-order valence-corrected chi connectivity index (χ2v) is 10.5. The second-order valence-electron chi connectivity index (χ2n) is 8.58. The summed E-state index contributed by atoms with van der Waals surface area (Å²) >= 11 is 0. The highest BCUT2D eigenvalue weighted by Crippen LogP contribution is 2.23. The zero-order valence-corrected chi connectivity index (χ0v) is 19.3. The summed E-state index contributed by atoms with van der Waals surface area (Å²) in [6.07, 6.45) is 2.87. The molecule has 0 aromatic heterocycles. The molecule has 172 valence electrons. The monoisotopic (exact) mass is 456 g/mol. The van der Waals surface area contributed by atoms with Crippen LogP contribution in [-0.2, 0) is 21.4 Å². The van der Waals surface area contributed by atoms with Gasteiger partial charge in [0.25, 0.3) is 0 Å². The van der Waals surface area contributed by atoms with E-state index in [4.69, 9.17) is 0 Å². The first-order valence-electron chi connectivity index (χ1n) is 11.4. The maximum atomic E-state index is 12.9.